The van der Waals surface area contributed by atoms with Crippen LogP contribution in [0.1, 0.15) is 57.1 Å². The number of fused-ring (bicyclic) bond motifs is 1. The number of nitrogens with zero attached hydrogens (tertiary/aromatic N) is 3. The summed E-state index contributed by atoms with van der Waals surface area (Å²) < 4.78 is 13.3. The first-order chi connectivity index (χ1) is 13.6. The van der Waals surface area contributed by atoms with Gasteiger partial charge in [0.1, 0.15) is 6.17 Å². The van der Waals surface area contributed by atoms with Gasteiger partial charge in [0.2, 0.25) is 0 Å². The number of carbonyl (C=O) groups excluding carboxylic acids is 1. The molecule has 1 atom stereocenters. The molecular weight excluding hydrogens is 355 g/mol. The number of carbonyl (C=O) groups is 1. The molecule has 0 radical (unpaired) electrons. The van der Waals surface area contributed by atoms with E-state index in [9.17, 15) is 9.18 Å². The van der Waals surface area contributed by atoms with Crippen LogP contribution in [0.15, 0.2) is 30.5 Å². The third kappa shape index (κ3) is 4.26. The number of nitrogens with one attached hydrogen (secondary N) is 1. The SMILES string of the molecule is CC(NC(=O)N1CCC(c2ccc3cccnc3n2)CC1)C1CCC(F)CC1. The zero-order valence-corrected chi connectivity index (χ0v) is 16.5. The Labute approximate surface area is 165 Å². The number of piperidine rings is 1. The Morgan fingerprint density at radius 2 is 1.89 bits per heavy atom. The van der Waals surface area contributed by atoms with Crippen molar-refractivity contribution in [2.75, 3.05) is 13.1 Å². The Bertz CT molecular complexity index is 813. The zero-order chi connectivity index (χ0) is 19.5. The van der Waals surface area contributed by atoms with Crippen LogP contribution in [0.25, 0.3) is 11.0 Å². The molecule has 5 nitrogen and oxygen atoms in total. The number of hydrogen-bond acceptors (Lipinski definition) is 3. The van der Waals surface area contributed by atoms with E-state index >= 15 is 0 Å². The van der Waals surface area contributed by atoms with Gasteiger partial charge in [-0.15, -0.1) is 0 Å². The van der Waals surface area contributed by atoms with Gasteiger partial charge in [-0.05, 0) is 75.6 Å². The Hall–Kier alpha value is -2.24. The van der Waals surface area contributed by atoms with Crippen LogP contribution in [0.2, 0.25) is 0 Å². The lowest BCUT2D eigenvalue weighted by Crippen LogP contribution is -2.49. The van der Waals surface area contributed by atoms with Crippen molar-refractivity contribution in [3.8, 4) is 0 Å². The largest absolute Gasteiger partial charge is 0.335 e. The minimum Gasteiger partial charge on any atom is -0.335 e. The third-order valence-electron chi connectivity index (χ3n) is 6.45. The standard InChI is InChI=1S/C22H29FN4O/c1-15(16-4-7-19(23)8-5-16)25-22(28)27-13-10-17(11-14-27)20-9-6-18-3-2-12-24-21(18)26-20/h2-3,6,9,12,15-17,19H,4-5,7-8,10-11,13-14H2,1H3,(H,25,28). The molecule has 1 saturated heterocycles. The molecule has 28 heavy (non-hydrogen) atoms. The summed E-state index contributed by atoms with van der Waals surface area (Å²) in [6.45, 7) is 3.53. The van der Waals surface area contributed by atoms with Gasteiger partial charge >= 0.3 is 6.03 Å². The van der Waals surface area contributed by atoms with Gasteiger partial charge in [-0.2, -0.15) is 0 Å². The van der Waals surface area contributed by atoms with Gasteiger partial charge in [-0.1, -0.05) is 0 Å². The van der Waals surface area contributed by atoms with Crippen LogP contribution < -0.4 is 5.32 Å². The molecule has 0 spiro atoms. The summed E-state index contributed by atoms with van der Waals surface area (Å²) in [5.74, 6) is 0.760. The van der Waals surface area contributed by atoms with Gasteiger partial charge in [-0.3, -0.25) is 0 Å². The Balaban J connectivity index is 1.30. The van der Waals surface area contributed by atoms with Crippen LogP contribution in [-0.4, -0.2) is 46.2 Å². The maximum Gasteiger partial charge on any atom is 0.317 e. The number of halogens is 1. The fourth-order valence-corrected chi connectivity index (χ4v) is 4.56. The van der Waals surface area contributed by atoms with Crippen LogP contribution in [-0.2, 0) is 0 Å². The molecule has 1 aliphatic carbocycles. The lowest BCUT2D eigenvalue weighted by molar-refractivity contribution is 0.159. The molecular formula is C22H29FN4O. The predicted octanol–water partition coefficient (Wildman–Crippen LogP) is 4.44. The number of rotatable bonds is 3. The Kier molecular flexibility index (Phi) is 5.74. The van der Waals surface area contributed by atoms with E-state index in [-0.39, 0.29) is 12.1 Å². The van der Waals surface area contributed by atoms with Gasteiger partial charge in [0.15, 0.2) is 5.65 Å². The summed E-state index contributed by atoms with van der Waals surface area (Å²) in [7, 11) is 0. The lowest BCUT2D eigenvalue weighted by Gasteiger charge is -2.35. The number of likely N-dealkylation sites (tertiary alicyclic amines) is 1. The van der Waals surface area contributed by atoms with Crippen molar-refractivity contribution < 1.29 is 9.18 Å². The van der Waals surface area contributed by atoms with E-state index in [4.69, 9.17) is 4.98 Å². The van der Waals surface area contributed by atoms with Crippen molar-refractivity contribution in [2.45, 2.75) is 63.6 Å². The molecule has 2 aliphatic rings. The minimum atomic E-state index is -0.655. The quantitative estimate of drug-likeness (QED) is 0.851. The second-order valence-electron chi connectivity index (χ2n) is 8.30. The van der Waals surface area contributed by atoms with E-state index in [2.05, 4.69) is 29.4 Å². The first kappa shape index (κ1) is 19.1. The van der Waals surface area contributed by atoms with E-state index in [0.29, 0.717) is 24.7 Å². The highest BCUT2D eigenvalue weighted by molar-refractivity contribution is 5.75. The summed E-state index contributed by atoms with van der Waals surface area (Å²) in [4.78, 5) is 23.6. The van der Waals surface area contributed by atoms with E-state index in [1.165, 1.54) is 0 Å². The molecule has 1 unspecified atom stereocenters. The highest BCUT2D eigenvalue weighted by atomic mass is 19.1. The van der Waals surface area contributed by atoms with E-state index < -0.39 is 6.17 Å². The van der Waals surface area contributed by atoms with Crippen molar-refractivity contribution in [3.63, 3.8) is 0 Å². The summed E-state index contributed by atoms with van der Waals surface area (Å²) in [6, 6.07) is 8.23. The topological polar surface area (TPSA) is 58.1 Å². The van der Waals surface area contributed by atoms with Crippen molar-refractivity contribution in [3.05, 3.63) is 36.2 Å². The van der Waals surface area contributed by atoms with E-state index in [0.717, 1.165) is 55.5 Å². The molecule has 150 valence electrons. The second kappa shape index (κ2) is 8.41. The van der Waals surface area contributed by atoms with Gasteiger partial charge in [0.05, 0.1) is 0 Å². The average Bonchev–Trinajstić information content (AvgIpc) is 2.74. The number of hydrogen-bond donors (Lipinski definition) is 1. The van der Waals surface area contributed by atoms with Crippen molar-refractivity contribution in [1.29, 1.82) is 0 Å². The van der Waals surface area contributed by atoms with Crippen LogP contribution >= 0.6 is 0 Å². The smallest absolute Gasteiger partial charge is 0.317 e. The molecule has 2 aromatic heterocycles. The Morgan fingerprint density at radius 1 is 1.14 bits per heavy atom. The number of alkyl halides is 1. The maximum atomic E-state index is 13.3. The molecule has 0 bridgehead atoms. The summed E-state index contributed by atoms with van der Waals surface area (Å²) in [5, 5.41) is 4.21. The van der Waals surface area contributed by atoms with Gasteiger partial charge in [0.25, 0.3) is 0 Å². The highest BCUT2D eigenvalue weighted by Crippen LogP contribution is 2.30. The van der Waals surface area contributed by atoms with Crippen LogP contribution in [0.4, 0.5) is 9.18 Å². The molecule has 4 rings (SSSR count). The van der Waals surface area contributed by atoms with E-state index in [1.807, 2.05) is 17.0 Å². The molecule has 0 aromatic carbocycles. The minimum absolute atomic E-state index is 0.0152. The fourth-order valence-electron chi connectivity index (χ4n) is 4.56. The third-order valence-corrected chi connectivity index (χ3v) is 6.45. The van der Waals surface area contributed by atoms with Crippen LogP contribution in [0.3, 0.4) is 0 Å². The van der Waals surface area contributed by atoms with Crippen molar-refractivity contribution in [2.24, 2.45) is 5.92 Å². The normalized spacial score (nSPS) is 24.9. The molecule has 2 amide bonds. The number of urea groups is 1. The zero-order valence-electron chi connectivity index (χ0n) is 16.5. The number of amides is 2. The average molecular weight is 384 g/mol. The monoisotopic (exact) mass is 384 g/mol. The first-order valence-corrected chi connectivity index (χ1v) is 10.5. The molecule has 2 fully saturated rings. The van der Waals surface area contributed by atoms with E-state index in [1.54, 1.807) is 6.20 Å². The van der Waals surface area contributed by atoms with Gasteiger partial charge in [0, 0.05) is 42.3 Å². The molecule has 3 heterocycles. The Morgan fingerprint density at radius 3 is 2.64 bits per heavy atom. The summed E-state index contributed by atoms with van der Waals surface area (Å²) >= 11 is 0. The molecule has 2 aromatic rings. The van der Waals surface area contributed by atoms with Crippen molar-refractivity contribution in [1.82, 2.24) is 20.2 Å². The molecule has 1 aliphatic heterocycles. The number of aromatic nitrogens is 2. The molecule has 1 N–H and O–H groups in total. The van der Waals surface area contributed by atoms with Crippen molar-refractivity contribution >= 4 is 17.1 Å². The number of pyridine rings is 2. The predicted molar refractivity (Wildman–Crippen MR) is 108 cm³/mol. The summed E-state index contributed by atoms with van der Waals surface area (Å²) in [6.07, 6.45) is 5.94. The van der Waals surface area contributed by atoms with Gasteiger partial charge in [-0.25, -0.2) is 19.2 Å². The summed E-state index contributed by atoms with van der Waals surface area (Å²) in [5.41, 5.74) is 1.86. The first-order valence-electron chi connectivity index (χ1n) is 10.5. The van der Waals surface area contributed by atoms with Crippen LogP contribution in [0.5, 0.6) is 0 Å². The van der Waals surface area contributed by atoms with Gasteiger partial charge < -0.3 is 10.2 Å². The second-order valence-corrected chi connectivity index (χ2v) is 8.30. The lowest BCUT2D eigenvalue weighted by atomic mass is 9.84. The molecule has 1 saturated carbocycles. The highest BCUT2D eigenvalue weighted by Gasteiger charge is 2.29. The molecule has 6 heteroatoms. The maximum absolute atomic E-state index is 13.3. The van der Waals surface area contributed by atoms with Crippen LogP contribution in [0, 0.1) is 5.92 Å². The fraction of sp³-hybridized carbons (Fsp3) is 0.591.